The van der Waals surface area contributed by atoms with Gasteiger partial charge in [-0.3, -0.25) is 4.79 Å². The van der Waals surface area contributed by atoms with Gasteiger partial charge in [0.25, 0.3) is 0 Å². The molecule has 0 radical (unpaired) electrons. The van der Waals surface area contributed by atoms with Gasteiger partial charge in [-0.05, 0) is 45.0 Å². The van der Waals surface area contributed by atoms with Crippen molar-refractivity contribution in [2.24, 2.45) is 5.73 Å². The highest BCUT2D eigenvalue weighted by Gasteiger charge is 2.20. The lowest BCUT2D eigenvalue weighted by molar-refractivity contribution is 0.100. The Bertz CT molecular complexity index is 862. The van der Waals surface area contributed by atoms with Crippen LogP contribution in [0.2, 0.25) is 0 Å². The van der Waals surface area contributed by atoms with E-state index in [1.807, 2.05) is 25.5 Å². The lowest BCUT2D eigenvalue weighted by Crippen LogP contribution is -2.23. The Morgan fingerprint density at radius 2 is 1.87 bits per heavy atom. The van der Waals surface area contributed by atoms with Crippen LogP contribution in [0.3, 0.4) is 0 Å². The summed E-state index contributed by atoms with van der Waals surface area (Å²) in [7, 11) is 0. The lowest BCUT2D eigenvalue weighted by Gasteiger charge is -2.19. The molecule has 2 heterocycles. The van der Waals surface area contributed by atoms with Gasteiger partial charge in [0, 0.05) is 5.56 Å². The highest BCUT2D eigenvalue weighted by Crippen LogP contribution is 2.28. The first-order valence-electron chi connectivity index (χ1n) is 7.13. The van der Waals surface area contributed by atoms with E-state index in [4.69, 9.17) is 10.5 Å². The molecule has 0 fully saturated rings. The number of aromatic nitrogens is 4. The average molecular weight is 311 g/mol. The maximum Gasteiger partial charge on any atom is 0.248 e. The number of carbonyl (C=O) groups is 1. The molecule has 2 aromatic heterocycles. The van der Waals surface area contributed by atoms with E-state index in [2.05, 4.69) is 15.1 Å². The lowest BCUT2D eigenvalue weighted by atomic mass is 10.1. The largest absolute Gasteiger partial charge is 0.438 e. The molecule has 7 heteroatoms. The number of hydrogen-bond acceptors (Lipinski definition) is 5. The quantitative estimate of drug-likeness (QED) is 0.801. The number of hydrogen-bond donors (Lipinski definition) is 1. The first kappa shape index (κ1) is 15.0. The van der Waals surface area contributed by atoms with Crippen LogP contribution in [0.25, 0.3) is 11.0 Å². The molecule has 7 nitrogen and oxygen atoms in total. The van der Waals surface area contributed by atoms with Gasteiger partial charge in [-0.25, -0.2) is 14.6 Å². The maximum absolute atomic E-state index is 11.1. The number of nitrogens with zero attached hydrogens (tertiary/aromatic N) is 4. The smallest absolute Gasteiger partial charge is 0.248 e. The standard InChI is InChI=1S/C16H17N5O2/c1-16(2,3)21-14-12(8-20-21)15(19-9-18-14)23-11-6-4-10(5-7-11)13(17)22/h4-9H,1-3H3,(H2,17,22). The van der Waals surface area contributed by atoms with Crippen LogP contribution in [0, 0.1) is 0 Å². The van der Waals surface area contributed by atoms with Gasteiger partial charge in [-0.2, -0.15) is 5.10 Å². The summed E-state index contributed by atoms with van der Waals surface area (Å²) in [6, 6.07) is 6.55. The van der Waals surface area contributed by atoms with Crippen molar-refractivity contribution in [2.75, 3.05) is 0 Å². The van der Waals surface area contributed by atoms with E-state index in [0.29, 0.717) is 22.8 Å². The second-order valence-electron chi connectivity index (χ2n) is 6.13. The molecule has 0 aliphatic heterocycles. The predicted octanol–water partition coefficient (Wildman–Crippen LogP) is 2.47. The Labute approximate surface area is 133 Å². The number of primary amides is 1. The number of benzene rings is 1. The molecule has 118 valence electrons. The fraction of sp³-hybridized carbons (Fsp3) is 0.250. The van der Waals surface area contributed by atoms with Gasteiger partial charge >= 0.3 is 0 Å². The predicted molar refractivity (Wildman–Crippen MR) is 85.4 cm³/mol. The molecule has 0 bridgehead atoms. The minimum absolute atomic E-state index is 0.198. The fourth-order valence-corrected chi connectivity index (χ4v) is 2.19. The van der Waals surface area contributed by atoms with E-state index in [9.17, 15) is 4.79 Å². The molecule has 0 atom stereocenters. The summed E-state index contributed by atoms with van der Waals surface area (Å²) >= 11 is 0. The summed E-state index contributed by atoms with van der Waals surface area (Å²) in [5.74, 6) is 0.489. The molecule has 2 N–H and O–H groups in total. The van der Waals surface area contributed by atoms with Crippen molar-refractivity contribution >= 4 is 16.9 Å². The third kappa shape index (κ3) is 2.85. The van der Waals surface area contributed by atoms with Crippen molar-refractivity contribution in [3.8, 4) is 11.6 Å². The third-order valence-corrected chi connectivity index (χ3v) is 3.32. The monoisotopic (exact) mass is 311 g/mol. The van der Waals surface area contributed by atoms with Crippen molar-refractivity contribution in [1.29, 1.82) is 0 Å². The molecular weight excluding hydrogens is 294 g/mol. The zero-order valence-corrected chi connectivity index (χ0v) is 13.1. The molecule has 1 amide bonds. The minimum atomic E-state index is -0.479. The van der Waals surface area contributed by atoms with E-state index < -0.39 is 5.91 Å². The maximum atomic E-state index is 11.1. The van der Waals surface area contributed by atoms with Gasteiger partial charge in [-0.1, -0.05) is 0 Å². The van der Waals surface area contributed by atoms with Crippen LogP contribution >= 0.6 is 0 Å². The molecule has 1 aromatic carbocycles. The number of carbonyl (C=O) groups excluding carboxylic acids is 1. The fourth-order valence-electron chi connectivity index (χ4n) is 2.19. The summed E-state index contributed by atoms with van der Waals surface area (Å²) in [6.45, 7) is 6.14. The van der Waals surface area contributed by atoms with Crippen LogP contribution < -0.4 is 10.5 Å². The van der Waals surface area contributed by atoms with Gasteiger partial charge in [0.1, 0.15) is 17.5 Å². The normalized spacial score (nSPS) is 11.6. The Morgan fingerprint density at radius 1 is 1.17 bits per heavy atom. The summed E-state index contributed by atoms with van der Waals surface area (Å²) in [4.78, 5) is 19.6. The molecule has 23 heavy (non-hydrogen) atoms. The molecule has 0 aliphatic rings. The van der Waals surface area contributed by atoms with E-state index in [0.717, 1.165) is 5.39 Å². The molecular formula is C16H17N5O2. The third-order valence-electron chi connectivity index (χ3n) is 3.32. The van der Waals surface area contributed by atoms with E-state index in [1.165, 1.54) is 6.33 Å². The van der Waals surface area contributed by atoms with Gasteiger partial charge < -0.3 is 10.5 Å². The minimum Gasteiger partial charge on any atom is -0.438 e. The number of nitrogens with two attached hydrogens (primary N) is 1. The van der Waals surface area contributed by atoms with Crippen molar-refractivity contribution in [2.45, 2.75) is 26.3 Å². The Kier molecular flexibility index (Phi) is 3.48. The second kappa shape index (κ2) is 5.35. The summed E-state index contributed by atoms with van der Waals surface area (Å²) < 4.78 is 7.62. The van der Waals surface area contributed by atoms with E-state index >= 15 is 0 Å². The number of ether oxygens (including phenoxy) is 1. The number of rotatable bonds is 3. The zero-order chi connectivity index (χ0) is 16.6. The molecule has 0 spiro atoms. The van der Waals surface area contributed by atoms with Crippen molar-refractivity contribution in [3.05, 3.63) is 42.4 Å². The first-order valence-corrected chi connectivity index (χ1v) is 7.13. The molecule has 0 saturated carbocycles. The van der Waals surface area contributed by atoms with Gasteiger partial charge in [0.15, 0.2) is 5.65 Å². The van der Waals surface area contributed by atoms with Crippen molar-refractivity contribution in [1.82, 2.24) is 19.7 Å². The molecule has 0 unspecified atom stereocenters. The topological polar surface area (TPSA) is 95.9 Å². The Balaban J connectivity index is 1.97. The number of amides is 1. The van der Waals surface area contributed by atoms with Gasteiger partial charge in [0.05, 0.1) is 11.7 Å². The Hall–Kier alpha value is -2.96. The molecule has 0 saturated heterocycles. The van der Waals surface area contributed by atoms with E-state index in [-0.39, 0.29) is 5.54 Å². The van der Waals surface area contributed by atoms with Crippen LogP contribution in [-0.2, 0) is 5.54 Å². The van der Waals surface area contributed by atoms with Gasteiger partial charge in [-0.15, -0.1) is 0 Å². The molecule has 3 aromatic rings. The summed E-state index contributed by atoms with van der Waals surface area (Å²) in [5, 5.41) is 5.10. The van der Waals surface area contributed by atoms with Crippen LogP contribution in [-0.4, -0.2) is 25.7 Å². The van der Waals surface area contributed by atoms with Crippen LogP contribution in [0.4, 0.5) is 0 Å². The number of fused-ring (bicyclic) bond motifs is 1. The second-order valence-corrected chi connectivity index (χ2v) is 6.13. The average Bonchev–Trinajstić information content (AvgIpc) is 2.93. The summed E-state index contributed by atoms with van der Waals surface area (Å²) in [6.07, 6.45) is 3.13. The van der Waals surface area contributed by atoms with Crippen molar-refractivity contribution < 1.29 is 9.53 Å². The highest BCUT2D eigenvalue weighted by atomic mass is 16.5. The Morgan fingerprint density at radius 3 is 2.48 bits per heavy atom. The SMILES string of the molecule is CC(C)(C)n1ncc2c(Oc3ccc(C(N)=O)cc3)ncnc21. The molecule has 0 aliphatic carbocycles. The van der Waals surface area contributed by atoms with E-state index in [1.54, 1.807) is 30.5 Å². The van der Waals surface area contributed by atoms with Crippen LogP contribution in [0.5, 0.6) is 11.6 Å². The van der Waals surface area contributed by atoms with Crippen LogP contribution in [0.15, 0.2) is 36.8 Å². The van der Waals surface area contributed by atoms with Crippen LogP contribution in [0.1, 0.15) is 31.1 Å². The summed E-state index contributed by atoms with van der Waals surface area (Å²) in [5.41, 5.74) is 6.15. The first-order chi connectivity index (χ1) is 10.9. The molecule has 3 rings (SSSR count). The van der Waals surface area contributed by atoms with Crippen molar-refractivity contribution in [3.63, 3.8) is 0 Å². The van der Waals surface area contributed by atoms with Gasteiger partial charge in [0.2, 0.25) is 11.8 Å². The zero-order valence-electron chi connectivity index (χ0n) is 13.1. The highest BCUT2D eigenvalue weighted by molar-refractivity contribution is 5.92.